The molecule has 0 spiro atoms. The van der Waals surface area contributed by atoms with Crippen molar-refractivity contribution in [1.82, 2.24) is 10.5 Å². The number of nitriles is 1. The minimum Gasteiger partial charge on any atom is -0.364 e. The summed E-state index contributed by atoms with van der Waals surface area (Å²) in [6.07, 6.45) is 1.52. The fraction of sp³-hybridized carbons (Fsp3) is 0.0800. The highest BCUT2D eigenvalue weighted by Gasteiger charge is 2.12. The van der Waals surface area contributed by atoms with Crippen LogP contribution in [0.1, 0.15) is 34.5 Å². The van der Waals surface area contributed by atoms with E-state index in [0.717, 1.165) is 27.9 Å². The molecule has 5 heteroatoms. The summed E-state index contributed by atoms with van der Waals surface area (Å²) in [6, 6.07) is 26.5. The van der Waals surface area contributed by atoms with Gasteiger partial charge in [-0.05, 0) is 47.9 Å². The molecule has 4 aromatic rings. The van der Waals surface area contributed by atoms with Crippen molar-refractivity contribution >= 4 is 5.91 Å². The minimum atomic E-state index is -0.146. The van der Waals surface area contributed by atoms with E-state index in [1.807, 2.05) is 61.5 Å². The summed E-state index contributed by atoms with van der Waals surface area (Å²) in [5.41, 5.74) is 5.86. The first-order chi connectivity index (χ1) is 14.6. The second-order valence-electron chi connectivity index (χ2n) is 6.97. The highest BCUT2D eigenvalue weighted by atomic mass is 16.5. The minimum absolute atomic E-state index is 0.139. The van der Waals surface area contributed by atoms with Crippen LogP contribution in [0.25, 0.3) is 22.4 Å². The van der Waals surface area contributed by atoms with Crippen LogP contribution in [0.4, 0.5) is 0 Å². The van der Waals surface area contributed by atoms with Gasteiger partial charge in [-0.1, -0.05) is 53.7 Å². The summed E-state index contributed by atoms with van der Waals surface area (Å²) in [7, 11) is 0. The molecule has 0 aliphatic carbocycles. The van der Waals surface area contributed by atoms with Crippen molar-refractivity contribution in [3.05, 3.63) is 102 Å². The summed E-state index contributed by atoms with van der Waals surface area (Å²) in [5.74, 6) is -0.139. The normalized spacial score (nSPS) is 11.5. The number of hydrogen-bond acceptors (Lipinski definition) is 4. The van der Waals surface area contributed by atoms with E-state index in [9.17, 15) is 4.79 Å². The van der Waals surface area contributed by atoms with Crippen LogP contribution in [0.15, 0.2) is 89.6 Å². The number of amides is 1. The van der Waals surface area contributed by atoms with Crippen LogP contribution in [-0.4, -0.2) is 11.1 Å². The molecule has 4 rings (SSSR count). The number of carbonyl (C=O) groups is 1. The van der Waals surface area contributed by atoms with Gasteiger partial charge in [0.15, 0.2) is 0 Å². The lowest BCUT2D eigenvalue weighted by Gasteiger charge is -2.15. The van der Waals surface area contributed by atoms with Crippen molar-refractivity contribution in [2.45, 2.75) is 13.0 Å². The molecule has 1 amide bonds. The van der Waals surface area contributed by atoms with Crippen molar-refractivity contribution < 1.29 is 9.32 Å². The molecule has 5 nitrogen and oxygen atoms in total. The Morgan fingerprint density at radius 2 is 1.70 bits per heavy atom. The van der Waals surface area contributed by atoms with Gasteiger partial charge in [-0.3, -0.25) is 4.79 Å². The lowest BCUT2D eigenvalue weighted by atomic mass is 10.00. The maximum atomic E-state index is 12.6. The van der Waals surface area contributed by atoms with Crippen LogP contribution in [0, 0.1) is 11.3 Å². The average Bonchev–Trinajstić information content (AvgIpc) is 3.34. The molecule has 0 aliphatic heterocycles. The first kappa shape index (κ1) is 19.2. The van der Waals surface area contributed by atoms with Gasteiger partial charge in [0, 0.05) is 17.2 Å². The third-order valence-corrected chi connectivity index (χ3v) is 4.96. The van der Waals surface area contributed by atoms with E-state index in [1.165, 1.54) is 6.26 Å². The second-order valence-corrected chi connectivity index (χ2v) is 6.97. The third-order valence-electron chi connectivity index (χ3n) is 4.96. The van der Waals surface area contributed by atoms with Crippen LogP contribution in [-0.2, 0) is 0 Å². The topological polar surface area (TPSA) is 78.9 Å². The quantitative estimate of drug-likeness (QED) is 0.494. The van der Waals surface area contributed by atoms with E-state index in [-0.39, 0.29) is 11.9 Å². The van der Waals surface area contributed by atoms with E-state index < -0.39 is 0 Å². The maximum Gasteiger partial charge on any atom is 0.251 e. The lowest BCUT2D eigenvalue weighted by Crippen LogP contribution is -2.26. The van der Waals surface area contributed by atoms with Gasteiger partial charge in [0.1, 0.15) is 12.0 Å². The summed E-state index contributed by atoms with van der Waals surface area (Å²) in [5, 5.41) is 16.0. The summed E-state index contributed by atoms with van der Waals surface area (Å²) in [4.78, 5) is 12.6. The largest absolute Gasteiger partial charge is 0.364 e. The molecule has 3 aromatic carbocycles. The van der Waals surface area contributed by atoms with Crippen LogP contribution in [0.3, 0.4) is 0 Å². The van der Waals surface area contributed by atoms with E-state index >= 15 is 0 Å². The molecule has 0 bridgehead atoms. The number of benzene rings is 3. The van der Waals surface area contributed by atoms with Crippen molar-refractivity contribution in [2.75, 3.05) is 0 Å². The zero-order chi connectivity index (χ0) is 20.9. The molecule has 0 aliphatic rings. The molecule has 0 saturated carbocycles. The third kappa shape index (κ3) is 4.13. The monoisotopic (exact) mass is 393 g/mol. The van der Waals surface area contributed by atoms with Gasteiger partial charge in [0.05, 0.1) is 17.7 Å². The van der Waals surface area contributed by atoms with Gasteiger partial charge in [-0.25, -0.2) is 0 Å². The predicted octanol–water partition coefficient (Wildman–Crippen LogP) is 5.37. The van der Waals surface area contributed by atoms with Crippen molar-refractivity contribution in [2.24, 2.45) is 0 Å². The average molecular weight is 393 g/mol. The Bertz CT molecular complexity index is 1190. The molecule has 0 fully saturated rings. The van der Waals surface area contributed by atoms with E-state index in [1.54, 1.807) is 24.3 Å². The molecule has 146 valence electrons. The predicted molar refractivity (Wildman–Crippen MR) is 114 cm³/mol. The highest BCUT2D eigenvalue weighted by Crippen LogP contribution is 2.23. The summed E-state index contributed by atoms with van der Waals surface area (Å²) < 4.78 is 4.85. The number of rotatable bonds is 5. The van der Waals surface area contributed by atoms with E-state index in [0.29, 0.717) is 11.1 Å². The van der Waals surface area contributed by atoms with Crippen LogP contribution >= 0.6 is 0 Å². The Hall–Kier alpha value is -4.17. The van der Waals surface area contributed by atoms with Gasteiger partial charge >= 0.3 is 0 Å². The summed E-state index contributed by atoms with van der Waals surface area (Å²) >= 11 is 0. The number of hydrogen-bond donors (Lipinski definition) is 1. The Balaban J connectivity index is 1.43. The molecular weight excluding hydrogens is 374 g/mol. The standard InChI is InChI=1S/C25H19N3O2/c1-17(19-5-7-20(8-6-19)23-4-2-3-18(15-23)16-26)27-25(29)22-11-9-21(10-12-22)24-13-14-30-28-24/h2-15,17H,1H3,(H,27,29). The molecule has 30 heavy (non-hydrogen) atoms. The zero-order valence-corrected chi connectivity index (χ0v) is 16.4. The number of aromatic nitrogens is 1. The Morgan fingerprint density at radius 3 is 2.37 bits per heavy atom. The van der Waals surface area contributed by atoms with Crippen molar-refractivity contribution in [3.63, 3.8) is 0 Å². The van der Waals surface area contributed by atoms with Gasteiger partial charge in [0.2, 0.25) is 0 Å². The first-order valence-corrected chi connectivity index (χ1v) is 9.56. The second kappa shape index (κ2) is 8.46. The summed E-state index contributed by atoms with van der Waals surface area (Å²) in [6.45, 7) is 1.95. The van der Waals surface area contributed by atoms with Gasteiger partial charge in [0.25, 0.3) is 5.91 Å². The molecule has 1 unspecified atom stereocenters. The van der Waals surface area contributed by atoms with Crippen LogP contribution < -0.4 is 5.32 Å². The lowest BCUT2D eigenvalue weighted by molar-refractivity contribution is 0.0940. The molecule has 0 saturated heterocycles. The van der Waals surface area contributed by atoms with Gasteiger partial charge < -0.3 is 9.84 Å². The fourth-order valence-electron chi connectivity index (χ4n) is 3.25. The van der Waals surface area contributed by atoms with Gasteiger partial charge in [-0.15, -0.1) is 0 Å². The Morgan fingerprint density at radius 1 is 0.967 bits per heavy atom. The molecule has 1 atom stereocenters. The molecule has 1 aromatic heterocycles. The smallest absolute Gasteiger partial charge is 0.251 e. The van der Waals surface area contributed by atoms with E-state index in [2.05, 4.69) is 16.5 Å². The molecular formula is C25H19N3O2. The van der Waals surface area contributed by atoms with Crippen molar-refractivity contribution in [1.29, 1.82) is 5.26 Å². The van der Waals surface area contributed by atoms with Crippen LogP contribution in [0.2, 0.25) is 0 Å². The highest BCUT2D eigenvalue weighted by molar-refractivity contribution is 5.94. The molecule has 1 N–H and O–H groups in total. The number of nitrogens with one attached hydrogen (secondary N) is 1. The fourth-order valence-corrected chi connectivity index (χ4v) is 3.25. The SMILES string of the molecule is CC(NC(=O)c1ccc(-c2ccon2)cc1)c1ccc(-c2cccc(C#N)c2)cc1. The molecule has 1 heterocycles. The first-order valence-electron chi connectivity index (χ1n) is 9.56. The van der Waals surface area contributed by atoms with E-state index in [4.69, 9.17) is 9.78 Å². The zero-order valence-electron chi connectivity index (χ0n) is 16.4. The number of carbonyl (C=O) groups excluding carboxylic acids is 1. The Kier molecular flexibility index (Phi) is 5.40. The maximum absolute atomic E-state index is 12.6. The van der Waals surface area contributed by atoms with Crippen LogP contribution in [0.5, 0.6) is 0 Å². The van der Waals surface area contributed by atoms with Gasteiger partial charge in [-0.2, -0.15) is 5.26 Å². The van der Waals surface area contributed by atoms with Crippen molar-refractivity contribution in [3.8, 4) is 28.5 Å². The Labute approximate surface area is 174 Å². The number of nitrogens with zero attached hydrogens (tertiary/aromatic N) is 2. The molecule has 0 radical (unpaired) electrons.